The highest BCUT2D eigenvalue weighted by atomic mass is 14.9. The molecule has 1 heteroatoms. The number of rotatable bonds is 4. The minimum Gasteiger partial charge on any atom is -0.310 e. The van der Waals surface area contributed by atoms with Crippen LogP contribution in [-0.2, 0) is 0 Å². The molecule has 1 nitrogen and oxygen atoms in total. The first-order valence-corrected chi connectivity index (χ1v) is 6.07. The van der Waals surface area contributed by atoms with Gasteiger partial charge in [-0.25, -0.2) is 0 Å². The molecule has 1 atom stereocenters. The molecule has 0 heterocycles. The van der Waals surface area contributed by atoms with Gasteiger partial charge in [-0.1, -0.05) is 50.2 Å². The molecule has 2 aromatic carbocycles. The maximum absolute atomic E-state index is 3.51. The molecule has 2 aromatic rings. The average Bonchev–Trinajstić information content (AvgIpc) is 2.35. The van der Waals surface area contributed by atoms with E-state index in [9.17, 15) is 0 Å². The van der Waals surface area contributed by atoms with Crippen LogP contribution >= 0.6 is 0 Å². The Labute approximate surface area is 97.5 Å². The molecule has 0 aliphatic carbocycles. The second-order valence-electron chi connectivity index (χ2n) is 4.13. The summed E-state index contributed by atoms with van der Waals surface area (Å²) in [4.78, 5) is 0. The molecule has 0 bridgehead atoms. The maximum Gasteiger partial charge on any atom is 0.0317 e. The van der Waals surface area contributed by atoms with Crippen molar-refractivity contribution in [3.8, 4) is 0 Å². The zero-order valence-electron chi connectivity index (χ0n) is 10.0. The lowest BCUT2D eigenvalue weighted by molar-refractivity contribution is 0.538. The number of fused-ring (bicyclic) bond motifs is 1. The van der Waals surface area contributed by atoms with Gasteiger partial charge in [0, 0.05) is 6.04 Å². The Morgan fingerprint density at radius 2 is 1.75 bits per heavy atom. The van der Waals surface area contributed by atoms with Crippen molar-refractivity contribution < 1.29 is 0 Å². The Morgan fingerprint density at radius 3 is 2.44 bits per heavy atom. The molecule has 0 aromatic heterocycles. The molecule has 0 saturated heterocycles. The first-order valence-electron chi connectivity index (χ1n) is 6.07. The van der Waals surface area contributed by atoms with Gasteiger partial charge in [0.05, 0.1) is 0 Å². The quantitative estimate of drug-likeness (QED) is 0.812. The topological polar surface area (TPSA) is 12.0 Å². The molecular formula is C15H19N. The monoisotopic (exact) mass is 213 g/mol. The van der Waals surface area contributed by atoms with Crippen LogP contribution < -0.4 is 5.32 Å². The van der Waals surface area contributed by atoms with Gasteiger partial charge in [0.25, 0.3) is 0 Å². The molecule has 0 aliphatic rings. The van der Waals surface area contributed by atoms with Crippen molar-refractivity contribution >= 4 is 10.8 Å². The molecule has 0 amide bonds. The van der Waals surface area contributed by atoms with E-state index in [1.165, 1.54) is 16.3 Å². The van der Waals surface area contributed by atoms with Crippen molar-refractivity contribution in [2.45, 2.75) is 26.3 Å². The van der Waals surface area contributed by atoms with Crippen molar-refractivity contribution in [2.24, 2.45) is 0 Å². The van der Waals surface area contributed by atoms with E-state index in [4.69, 9.17) is 0 Å². The van der Waals surface area contributed by atoms with Gasteiger partial charge in [0.15, 0.2) is 0 Å². The normalized spacial score (nSPS) is 12.9. The Morgan fingerprint density at radius 1 is 1.00 bits per heavy atom. The van der Waals surface area contributed by atoms with E-state index in [-0.39, 0.29) is 0 Å². The summed E-state index contributed by atoms with van der Waals surface area (Å²) in [5.74, 6) is 0. The third-order valence-corrected chi connectivity index (χ3v) is 3.03. The van der Waals surface area contributed by atoms with E-state index < -0.39 is 0 Å². The van der Waals surface area contributed by atoms with Crippen LogP contribution in [-0.4, -0.2) is 6.54 Å². The molecule has 2 rings (SSSR count). The smallest absolute Gasteiger partial charge is 0.0317 e. The summed E-state index contributed by atoms with van der Waals surface area (Å²) in [6.07, 6.45) is 1.13. The van der Waals surface area contributed by atoms with Crippen molar-refractivity contribution in [3.63, 3.8) is 0 Å². The van der Waals surface area contributed by atoms with Gasteiger partial charge in [-0.2, -0.15) is 0 Å². The Hall–Kier alpha value is -1.34. The fourth-order valence-electron chi connectivity index (χ4n) is 2.17. The molecule has 1 N–H and O–H groups in total. The maximum atomic E-state index is 3.51. The van der Waals surface area contributed by atoms with Crippen LogP contribution in [0.25, 0.3) is 10.8 Å². The fourth-order valence-corrected chi connectivity index (χ4v) is 2.17. The lowest BCUT2D eigenvalue weighted by Gasteiger charge is -2.16. The molecule has 84 valence electrons. The second-order valence-corrected chi connectivity index (χ2v) is 4.13. The summed E-state index contributed by atoms with van der Waals surface area (Å²) in [5, 5.41) is 6.16. The van der Waals surface area contributed by atoms with Crippen LogP contribution in [0.1, 0.15) is 31.9 Å². The van der Waals surface area contributed by atoms with E-state index in [0.29, 0.717) is 6.04 Å². The third kappa shape index (κ3) is 2.25. The summed E-state index contributed by atoms with van der Waals surface area (Å²) < 4.78 is 0. The predicted octanol–water partition coefficient (Wildman–Crippen LogP) is 3.90. The van der Waals surface area contributed by atoms with Gasteiger partial charge in [0.2, 0.25) is 0 Å². The zero-order valence-corrected chi connectivity index (χ0v) is 10.0. The zero-order chi connectivity index (χ0) is 11.4. The average molecular weight is 213 g/mol. The Bertz CT molecular complexity index is 462. The van der Waals surface area contributed by atoms with E-state index in [2.05, 4.69) is 61.6 Å². The number of hydrogen-bond acceptors (Lipinski definition) is 1. The lowest BCUT2D eigenvalue weighted by atomic mass is 10.0. The van der Waals surface area contributed by atoms with Gasteiger partial charge in [-0.05, 0) is 35.4 Å². The number of nitrogens with one attached hydrogen (secondary N) is 1. The first-order chi connectivity index (χ1) is 7.85. The molecule has 0 aliphatic heterocycles. The largest absolute Gasteiger partial charge is 0.310 e. The summed E-state index contributed by atoms with van der Waals surface area (Å²) in [6.45, 7) is 5.40. The van der Waals surface area contributed by atoms with E-state index >= 15 is 0 Å². The van der Waals surface area contributed by atoms with Crippen molar-refractivity contribution in [3.05, 3.63) is 48.0 Å². The third-order valence-electron chi connectivity index (χ3n) is 3.03. The SMILES string of the molecule is CCNC(CC)c1ccc2ccccc2c1. The molecule has 1 unspecified atom stereocenters. The molecular weight excluding hydrogens is 194 g/mol. The summed E-state index contributed by atoms with van der Waals surface area (Å²) >= 11 is 0. The van der Waals surface area contributed by atoms with Crippen LogP contribution in [0.5, 0.6) is 0 Å². The van der Waals surface area contributed by atoms with Crippen molar-refractivity contribution in [2.75, 3.05) is 6.54 Å². The van der Waals surface area contributed by atoms with Gasteiger partial charge in [-0.3, -0.25) is 0 Å². The van der Waals surface area contributed by atoms with Crippen LogP contribution in [0, 0.1) is 0 Å². The first kappa shape index (κ1) is 11.2. The summed E-state index contributed by atoms with van der Waals surface area (Å²) in [5.41, 5.74) is 1.39. The second kappa shape index (κ2) is 5.13. The van der Waals surface area contributed by atoms with Crippen LogP contribution in [0.3, 0.4) is 0 Å². The van der Waals surface area contributed by atoms with Crippen LogP contribution in [0.4, 0.5) is 0 Å². The fraction of sp³-hybridized carbons (Fsp3) is 0.333. The van der Waals surface area contributed by atoms with Crippen molar-refractivity contribution in [1.82, 2.24) is 5.32 Å². The van der Waals surface area contributed by atoms with Gasteiger partial charge in [-0.15, -0.1) is 0 Å². The molecule has 0 radical (unpaired) electrons. The van der Waals surface area contributed by atoms with Crippen molar-refractivity contribution in [1.29, 1.82) is 0 Å². The molecule has 0 fully saturated rings. The van der Waals surface area contributed by atoms with Crippen LogP contribution in [0.2, 0.25) is 0 Å². The molecule has 0 saturated carbocycles. The Kier molecular flexibility index (Phi) is 3.58. The standard InChI is InChI=1S/C15H19N/c1-3-15(16-4-2)14-10-9-12-7-5-6-8-13(12)11-14/h5-11,15-16H,3-4H2,1-2H3. The lowest BCUT2D eigenvalue weighted by Crippen LogP contribution is -2.19. The number of benzene rings is 2. The molecule has 0 spiro atoms. The van der Waals surface area contributed by atoms with Crippen LogP contribution in [0.15, 0.2) is 42.5 Å². The van der Waals surface area contributed by atoms with E-state index in [1.54, 1.807) is 0 Å². The molecule has 16 heavy (non-hydrogen) atoms. The summed E-state index contributed by atoms with van der Waals surface area (Å²) in [6, 6.07) is 15.7. The minimum atomic E-state index is 0.481. The Balaban J connectivity index is 2.37. The van der Waals surface area contributed by atoms with Gasteiger partial charge in [0.1, 0.15) is 0 Å². The van der Waals surface area contributed by atoms with Gasteiger partial charge < -0.3 is 5.32 Å². The highest BCUT2D eigenvalue weighted by molar-refractivity contribution is 5.83. The number of hydrogen-bond donors (Lipinski definition) is 1. The van der Waals surface area contributed by atoms with Gasteiger partial charge >= 0.3 is 0 Å². The van der Waals surface area contributed by atoms with E-state index in [1.807, 2.05) is 0 Å². The minimum absolute atomic E-state index is 0.481. The van der Waals surface area contributed by atoms with E-state index in [0.717, 1.165) is 13.0 Å². The summed E-state index contributed by atoms with van der Waals surface area (Å²) in [7, 11) is 0. The predicted molar refractivity (Wildman–Crippen MR) is 70.7 cm³/mol. The highest BCUT2D eigenvalue weighted by Gasteiger charge is 2.07. The highest BCUT2D eigenvalue weighted by Crippen LogP contribution is 2.22.